The third-order valence-corrected chi connectivity index (χ3v) is 5.40. The van der Waals surface area contributed by atoms with E-state index >= 15 is 0 Å². The highest BCUT2D eigenvalue weighted by Crippen LogP contribution is 2.30. The van der Waals surface area contributed by atoms with Gasteiger partial charge in [0.15, 0.2) is 11.6 Å². The molecule has 0 aliphatic heterocycles. The summed E-state index contributed by atoms with van der Waals surface area (Å²) in [6, 6.07) is 10.2. The van der Waals surface area contributed by atoms with Crippen molar-refractivity contribution in [2.24, 2.45) is 0 Å². The summed E-state index contributed by atoms with van der Waals surface area (Å²) in [6.45, 7) is 5.96. The number of para-hydroxylation sites is 1. The maximum absolute atomic E-state index is 13.5. The fourth-order valence-corrected chi connectivity index (χ4v) is 3.64. The van der Waals surface area contributed by atoms with Crippen molar-refractivity contribution in [3.05, 3.63) is 59.7 Å². The highest BCUT2D eigenvalue weighted by Gasteiger charge is 2.22. The number of ether oxygens (including phenoxy) is 1. The van der Waals surface area contributed by atoms with E-state index in [2.05, 4.69) is 26.1 Å². The summed E-state index contributed by atoms with van der Waals surface area (Å²) in [6.07, 6.45) is 0.883. The van der Waals surface area contributed by atoms with Crippen LogP contribution in [0.3, 0.4) is 0 Å². The summed E-state index contributed by atoms with van der Waals surface area (Å²) in [5, 5.41) is 2.57. The molecule has 1 N–H and O–H groups in total. The Balaban J connectivity index is 1.97. The van der Waals surface area contributed by atoms with Gasteiger partial charge in [0.2, 0.25) is 15.9 Å². The molecule has 0 aliphatic carbocycles. The van der Waals surface area contributed by atoms with Crippen molar-refractivity contribution in [2.75, 3.05) is 30.3 Å². The SMILES string of the molecule is CC(C)(C)c1ccccc1OCCNC(=O)CN(c1ccc(F)c(F)c1)S(C)(=O)=O. The summed E-state index contributed by atoms with van der Waals surface area (Å²) in [7, 11) is -3.89. The molecule has 6 nitrogen and oxygen atoms in total. The highest BCUT2D eigenvalue weighted by molar-refractivity contribution is 7.92. The van der Waals surface area contributed by atoms with Crippen LogP contribution in [0.25, 0.3) is 0 Å². The second kappa shape index (κ2) is 9.42. The first-order valence-corrected chi connectivity index (χ1v) is 11.2. The van der Waals surface area contributed by atoms with E-state index in [0.29, 0.717) is 10.1 Å². The Bertz CT molecular complexity index is 1000. The largest absolute Gasteiger partial charge is 0.491 e. The van der Waals surface area contributed by atoms with Gasteiger partial charge in [-0.05, 0) is 29.2 Å². The molecule has 0 saturated carbocycles. The van der Waals surface area contributed by atoms with Gasteiger partial charge in [-0.25, -0.2) is 17.2 Å². The minimum absolute atomic E-state index is 0.111. The molecule has 0 fully saturated rings. The van der Waals surface area contributed by atoms with Gasteiger partial charge >= 0.3 is 0 Å². The molecule has 0 bridgehead atoms. The van der Waals surface area contributed by atoms with Crippen LogP contribution >= 0.6 is 0 Å². The third-order valence-electron chi connectivity index (χ3n) is 4.26. The van der Waals surface area contributed by atoms with Gasteiger partial charge in [-0.3, -0.25) is 9.10 Å². The van der Waals surface area contributed by atoms with Gasteiger partial charge < -0.3 is 10.1 Å². The Morgan fingerprint density at radius 2 is 1.77 bits per heavy atom. The zero-order chi connectivity index (χ0) is 22.5. The van der Waals surface area contributed by atoms with Crippen molar-refractivity contribution in [3.63, 3.8) is 0 Å². The molecule has 0 radical (unpaired) electrons. The fraction of sp³-hybridized carbons (Fsp3) is 0.381. The molecule has 2 aromatic carbocycles. The van der Waals surface area contributed by atoms with Crippen molar-refractivity contribution in [3.8, 4) is 5.75 Å². The number of nitrogens with one attached hydrogen (secondary N) is 1. The van der Waals surface area contributed by atoms with Gasteiger partial charge in [-0.2, -0.15) is 0 Å². The lowest BCUT2D eigenvalue weighted by atomic mass is 9.86. The average Bonchev–Trinajstić information content (AvgIpc) is 2.64. The Hall–Kier alpha value is -2.68. The van der Waals surface area contributed by atoms with Crippen molar-refractivity contribution in [1.82, 2.24) is 5.32 Å². The predicted molar refractivity (Wildman–Crippen MR) is 112 cm³/mol. The fourth-order valence-electron chi connectivity index (χ4n) is 2.79. The Morgan fingerprint density at radius 1 is 1.10 bits per heavy atom. The van der Waals surface area contributed by atoms with Crippen LogP contribution in [0.4, 0.5) is 14.5 Å². The topological polar surface area (TPSA) is 75.7 Å². The number of benzene rings is 2. The van der Waals surface area contributed by atoms with Crippen LogP contribution in [-0.2, 0) is 20.2 Å². The molecular formula is C21H26F2N2O4S. The molecule has 0 saturated heterocycles. The lowest BCUT2D eigenvalue weighted by molar-refractivity contribution is -0.119. The van der Waals surface area contributed by atoms with Crippen LogP contribution in [0.5, 0.6) is 5.75 Å². The Morgan fingerprint density at radius 3 is 2.37 bits per heavy atom. The van der Waals surface area contributed by atoms with Crippen LogP contribution in [-0.4, -0.2) is 40.3 Å². The molecule has 9 heteroatoms. The van der Waals surface area contributed by atoms with Gasteiger partial charge in [0.05, 0.1) is 18.5 Å². The first-order valence-electron chi connectivity index (χ1n) is 9.31. The minimum Gasteiger partial charge on any atom is -0.491 e. The van der Waals surface area contributed by atoms with E-state index in [1.807, 2.05) is 24.3 Å². The molecule has 1 amide bonds. The van der Waals surface area contributed by atoms with E-state index in [-0.39, 0.29) is 24.3 Å². The molecule has 0 spiro atoms. The summed E-state index contributed by atoms with van der Waals surface area (Å²) in [4.78, 5) is 12.2. The van der Waals surface area contributed by atoms with Crippen LogP contribution in [0.2, 0.25) is 0 Å². The zero-order valence-corrected chi connectivity index (χ0v) is 18.2. The number of carbonyl (C=O) groups excluding carboxylic acids is 1. The van der Waals surface area contributed by atoms with Crippen molar-refractivity contribution >= 4 is 21.6 Å². The molecular weight excluding hydrogens is 414 g/mol. The van der Waals surface area contributed by atoms with E-state index < -0.39 is 34.1 Å². The maximum Gasteiger partial charge on any atom is 0.240 e. The smallest absolute Gasteiger partial charge is 0.240 e. The van der Waals surface area contributed by atoms with Crippen molar-refractivity contribution in [2.45, 2.75) is 26.2 Å². The first-order chi connectivity index (χ1) is 13.9. The monoisotopic (exact) mass is 440 g/mol. The van der Waals surface area contributed by atoms with E-state index in [9.17, 15) is 22.0 Å². The molecule has 0 aromatic heterocycles. The van der Waals surface area contributed by atoms with Gasteiger partial charge in [0, 0.05) is 6.07 Å². The summed E-state index contributed by atoms with van der Waals surface area (Å²) in [5.41, 5.74) is 0.778. The second-order valence-corrected chi connectivity index (χ2v) is 9.72. The molecule has 0 atom stereocenters. The Labute approximate surface area is 175 Å². The van der Waals surface area contributed by atoms with Crippen LogP contribution in [0.1, 0.15) is 26.3 Å². The summed E-state index contributed by atoms with van der Waals surface area (Å²) < 4.78 is 57.1. The lowest BCUT2D eigenvalue weighted by Gasteiger charge is -2.23. The van der Waals surface area contributed by atoms with Crippen molar-refractivity contribution < 1.29 is 26.7 Å². The quantitative estimate of drug-likeness (QED) is 0.640. The molecule has 0 unspecified atom stereocenters. The van der Waals surface area contributed by atoms with Gasteiger partial charge in [0.25, 0.3) is 0 Å². The zero-order valence-electron chi connectivity index (χ0n) is 17.4. The Kier molecular flexibility index (Phi) is 7.41. The molecule has 0 aliphatic rings. The van der Waals surface area contributed by atoms with Gasteiger partial charge in [-0.15, -0.1) is 0 Å². The number of halogens is 2. The molecule has 0 heterocycles. The normalized spacial score (nSPS) is 11.8. The van der Waals surface area contributed by atoms with Crippen LogP contribution < -0.4 is 14.4 Å². The average molecular weight is 441 g/mol. The number of nitrogens with zero attached hydrogens (tertiary/aromatic N) is 1. The third kappa shape index (κ3) is 6.41. The van der Waals surface area contributed by atoms with E-state index in [4.69, 9.17) is 4.74 Å². The number of carbonyl (C=O) groups is 1. The highest BCUT2D eigenvalue weighted by atomic mass is 32.2. The maximum atomic E-state index is 13.5. The first kappa shape index (κ1) is 23.6. The number of amides is 1. The van der Waals surface area contributed by atoms with Gasteiger partial charge in [0.1, 0.15) is 18.9 Å². The molecule has 164 valence electrons. The number of anilines is 1. The molecule has 2 rings (SSSR count). The summed E-state index contributed by atoms with van der Waals surface area (Å²) in [5.74, 6) is -2.20. The van der Waals surface area contributed by atoms with E-state index in [1.165, 1.54) is 0 Å². The number of hydrogen-bond acceptors (Lipinski definition) is 4. The van der Waals surface area contributed by atoms with Crippen molar-refractivity contribution in [1.29, 1.82) is 0 Å². The molecule has 30 heavy (non-hydrogen) atoms. The lowest BCUT2D eigenvalue weighted by Crippen LogP contribution is -2.41. The predicted octanol–water partition coefficient (Wildman–Crippen LogP) is 3.22. The molecule has 2 aromatic rings. The van der Waals surface area contributed by atoms with Gasteiger partial charge in [-0.1, -0.05) is 39.0 Å². The van der Waals surface area contributed by atoms with Crippen LogP contribution in [0, 0.1) is 11.6 Å². The standard InChI is InChI=1S/C21H26F2N2O4S/c1-21(2,3)16-7-5-6-8-19(16)29-12-11-24-20(26)14-25(30(4,27)28)15-9-10-17(22)18(23)13-15/h5-10,13H,11-12,14H2,1-4H3,(H,24,26). The summed E-state index contributed by atoms with van der Waals surface area (Å²) >= 11 is 0. The number of sulfonamides is 1. The minimum atomic E-state index is -3.89. The van der Waals surface area contributed by atoms with Crippen LogP contribution in [0.15, 0.2) is 42.5 Å². The second-order valence-electron chi connectivity index (χ2n) is 7.81. The van der Waals surface area contributed by atoms with E-state index in [1.54, 1.807) is 0 Å². The number of rotatable bonds is 8. The van der Waals surface area contributed by atoms with E-state index in [0.717, 1.165) is 30.0 Å². The number of hydrogen-bond donors (Lipinski definition) is 1.